The largest absolute Gasteiger partial charge is 0.322 e. The standard InChI is InChI=1S/C17H23N5O/c1-18-20-11-13-3-7-15(8-4-13)17(23)22-16-9-5-14(6-10-16)12-21-19-2/h3-10,18-21H,11-12H2,1-2H3,(H,22,23). The van der Waals surface area contributed by atoms with E-state index in [2.05, 4.69) is 27.0 Å². The second kappa shape index (κ2) is 9.02. The van der Waals surface area contributed by atoms with Crippen LogP contribution in [0.1, 0.15) is 21.5 Å². The number of hydrazine groups is 2. The number of benzene rings is 2. The Bertz CT molecular complexity index is 610. The molecule has 0 aromatic heterocycles. The van der Waals surface area contributed by atoms with Crippen LogP contribution in [0.4, 0.5) is 5.69 Å². The number of hydrogen-bond acceptors (Lipinski definition) is 5. The zero-order valence-electron chi connectivity index (χ0n) is 13.4. The summed E-state index contributed by atoms with van der Waals surface area (Å²) in [7, 11) is 3.65. The van der Waals surface area contributed by atoms with Crippen molar-refractivity contribution in [3.63, 3.8) is 0 Å². The van der Waals surface area contributed by atoms with Crippen molar-refractivity contribution >= 4 is 11.6 Å². The molecule has 0 saturated heterocycles. The summed E-state index contributed by atoms with van der Waals surface area (Å²) >= 11 is 0. The molecular weight excluding hydrogens is 290 g/mol. The summed E-state index contributed by atoms with van der Waals surface area (Å²) in [5.41, 5.74) is 15.4. The maximum absolute atomic E-state index is 12.2. The molecule has 0 aliphatic heterocycles. The molecule has 0 bridgehead atoms. The number of carbonyl (C=O) groups is 1. The van der Waals surface area contributed by atoms with Gasteiger partial charge < -0.3 is 5.32 Å². The highest BCUT2D eigenvalue weighted by Crippen LogP contribution is 2.12. The Kier molecular flexibility index (Phi) is 6.71. The second-order valence-electron chi connectivity index (χ2n) is 5.06. The van der Waals surface area contributed by atoms with Crippen LogP contribution in [-0.2, 0) is 13.1 Å². The van der Waals surface area contributed by atoms with Gasteiger partial charge in [0.1, 0.15) is 0 Å². The lowest BCUT2D eigenvalue weighted by Gasteiger charge is -2.08. The Hall–Kier alpha value is -2.25. The van der Waals surface area contributed by atoms with Gasteiger partial charge in [-0.1, -0.05) is 24.3 Å². The van der Waals surface area contributed by atoms with E-state index in [9.17, 15) is 4.79 Å². The molecule has 0 spiro atoms. The fraction of sp³-hybridized carbons (Fsp3) is 0.235. The minimum Gasteiger partial charge on any atom is -0.322 e. The van der Waals surface area contributed by atoms with E-state index in [0.29, 0.717) is 12.1 Å². The first-order chi connectivity index (χ1) is 11.2. The first-order valence-corrected chi connectivity index (χ1v) is 7.51. The Balaban J connectivity index is 1.93. The topological polar surface area (TPSA) is 77.2 Å². The maximum atomic E-state index is 12.2. The van der Waals surface area contributed by atoms with Crippen LogP contribution in [0, 0.1) is 0 Å². The predicted octanol–water partition coefficient (Wildman–Crippen LogP) is 1.39. The number of carbonyl (C=O) groups excluding carboxylic acids is 1. The van der Waals surface area contributed by atoms with Gasteiger partial charge in [0.2, 0.25) is 0 Å². The van der Waals surface area contributed by atoms with Gasteiger partial charge >= 0.3 is 0 Å². The lowest BCUT2D eigenvalue weighted by molar-refractivity contribution is 0.102. The van der Waals surface area contributed by atoms with Crippen molar-refractivity contribution in [1.29, 1.82) is 0 Å². The Morgan fingerprint density at radius 3 is 1.74 bits per heavy atom. The van der Waals surface area contributed by atoms with Crippen molar-refractivity contribution in [1.82, 2.24) is 21.7 Å². The third-order valence-electron chi connectivity index (χ3n) is 3.37. The quantitative estimate of drug-likeness (QED) is 0.476. The van der Waals surface area contributed by atoms with Crippen LogP contribution in [0.5, 0.6) is 0 Å². The first-order valence-electron chi connectivity index (χ1n) is 7.51. The summed E-state index contributed by atoms with van der Waals surface area (Å²) in [5, 5.41) is 2.90. The maximum Gasteiger partial charge on any atom is 0.255 e. The average Bonchev–Trinajstić information content (AvgIpc) is 2.59. The molecule has 0 fully saturated rings. The summed E-state index contributed by atoms with van der Waals surface area (Å²) in [6, 6.07) is 15.3. The van der Waals surface area contributed by atoms with Gasteiger partial charge in [-0.15, -0.1) is 0 Å². The average molecular weight is 313 g/mol. The van der Waals surface area contributed by atoms with Gasteiger partial charge in [0, 0.05) is 24.3 Å². The molecule has 1 amide bonds. The monoisotopic (exact) mass is 313 g/mol. The molecule has 0 atom stereocenters. The van der Waals surface area contributed by atoms with Gasteiger partial charge in [0.25, 0.3) is 5.91 Å². The first kappa shape index (κ1) is 17.1. The summed E-state index contributed by atoms with van der Waals surface area (Å²) in [4.78, 5) is 12.2. The molecule has 0 aliphatic rings. The highest BCUT2D eigenvalue weighted by Gasteiger charge is 2.06. The van der Waals surface area contributed by atoms with Gasteiger partial charge in [0.05, 0.1) is 0 Å². The molecule has 2 rings (SSSR count). The van der Waals surface area contributed by atoms with E-state index < -0.39 is 0 Å². The van der Waals surface area contributed by atoms with Gasteiger partial charge in [-0.25, -0.2) is 0 Å². The molecule has 5 N–H and O–H groups in total. The van der Waals surface area contributed by atoms with Crippen LogP contribution in [0.3, 0.4) is 0 Å². The van der Waals surface area contributed by atoms with Crippen LogP contribution in [0.25, 0.3) is 0 Å². The Labute approximate surface area is 136 Å². The number of amides is 1. The SMILES string of the molecule is CNNCc1ccc(NC(=O)c2ccc(CNNC)cc2)cc1. The second-order valence-corrected chi connectivity index (χ2v) is 5.06. The fourth-order valence-electron chi connectivity index (χ4n) is 2.06. The number of rotatable bonds is 8. The Morgan fingerprint density at radius 2 is 1.26 bits per heavy atom. The smallest absolute Gasteiger partial charge is 0.255 e. The van der Waals surface area contributed by atoms with Gasteiger partial charge in [-0.05, 0) is 49.5 Å². The number of hydrogen-bond donors (Lipinski definition) is 5. The zero-order chi connectivity index (χ0) is 16.5. The molecule has 0 heterocycles. The van der Waals surface area contributed by atoms with E-state index >= 15 is 0 Å². The van der Waals surface area contributed by atoms with Crippen LogP contribution < -0.4 is 27.0 Å². The van der Waals surface area contributed by atoms with E-state index in [-0.39, 0.29) is 5.91 Å². The van der Waals surface area contributed by atoms with E-state index in [0.717, 1.165) is 23.4 Å². The van der Waals surface area contributed by atoms with E-state index in [1.165, 1.54) is 0 Å². The lowest BCUT2D eigenvalue weighted by Crippen LogP contribution is -2.26. The van der Waals surface area contributed by atoms with Gasteiger partial charge in [0.15, 0.2) is 0 Å². The molecule has 0 unspecified atom stereocenters. The van der Waals surface area contributed by atoms with E-state index in [1.807, 2.05) is 62.6 Å². The van der Waals surface area contributed by atoms with Crippen LogP contribution >= 0.6 is 0 Å². The van der Waals surface area contributed by atoms with Crippen molar-refractivity contribution < 1.29 is 4.79 Å². The van der Waals surface area contributed by atoms with Gasteiger partial charge in [-0.3, -0.25) is 26.5 Å². The predicted molar refractivity (Wildman–Crippen MR) is 92.6 cm³/mol. The third kappa shape index (κ3) is 5.46. The minimum atomic E-state index is -0.112. The van der Waals surface area contributed by atoms with Crippen LogP contribution in [0.2, 0.25) is 0 Å². The summed E-state index contributed by atoms with van der Waals surface area (Å²) in [5.74, 6) is -0.112. The third-order valence-corrected chi connectivity index (χ3v) is 3.37. The van der Waals surface area contributed by atoms with Gasteiger partial charge in [-0.2, -0.15) is 0 Å². The number of anilines is 1. The highest BCUT2D eigenvalue weighted by atomic mass is 16.1. The molecule has 0 aliphatic carbocycles. The molecule has 0 saturated carbocycles. The van der Waals surface area contributed by atoms with E-state index in [1.54, 1.807) is 0 Å². The molecule has 6 nitrogen and oxygen atoms in total. The summed E-state index contributed by atoms with van der Waals surface area (Å²) in [6.45, 7) is 1.44. The van der Waals surface area contributed by atoms with Crippen LogP contribution in [-0.4, -0.2) is 20.0 Å². The Morgan fingerprint density at radius 1 is 0.783 bits per heavy atom. The van der Waals surface area contributed by atoms with E-state index in [4.69, 9.17) is 0 Å². The lowest BCUT2D eigenvalue weighted by atomic mass is 10.1. The molecule has 6 heteroatoms. The number of nitrogens with one attached hydrogen (secondary N) is 5. The minimum absolute atomic E-state index is 0.112. The molecule has 2 aromatic rings. The van der Waals surface area contributed by atoms with Crippen molar-refractivity contribution in [3.8, 4) is 0 Å². The van der Waals surface area contributed by atoms with Crippen molar-refractivity contribution in [2.45, 2.75) is 13.1 Å². The molecule has 2 aromatic carbocycles. The molecule has 23 heavy (non-hydrogen) atoms. The van der Waals surface area contributed by atoms with Crippen molar-refractivity contribution in [2.75, 3.05) is 19.4 Å². The summed E-state index contributed by atoms with van der Waals surface area (Å²) in [6.07, 6.45) is 0. The van der Waals surface area contributed by atoms with Crippen molar-refractivity contribution in [2.24, 2.45) is 0 Å². The normalized spacial score (nSPS) is 10.5. The molecule has 0 radical (unpaired) electrons. The van der Waals surface area contributed by atoms with Crippen LogP contribution in [0.15, 0.2) is 48.5 Å². The zero-order valence-corrected chi connectivity index (χ0v) is 13.4. The summed E-state index contributed by atoms with van der Waals surface area (Å²) < 4.78 is 0. The molecule has 122 valence electrons. The fourth-order valence-corrected chi connectivity index (χ4v) is 2.06. The highest BCUT2D eigenvalue weighted by molar-refractivity contribution is 6.04. The molecular formula is C17H23N5O. The van der Waals surface area contributed by atoms with Crippen molar-refractivity contribution in [3.05, 3.63) is 65.2 Å².